The van der Waals surface area contributed by atoms with Gasteiger partial charge in [-0.15, -0.1) is 0 Å². The van der Waals surface area contributed by atoms with Crippen molar-refractivity contribution in [3.05, 3.63) is 0 Å². The van der Waals surface area contributed by atoms with Gasteiger partial charge in [-0.05, 0) is 25.2 Å². The molecule has 0 amide bonds. The molecule has 0 aromatic carbocycles. The van der Waals surface area contributed by atoms with Gasteiger partial charge >= 0.3 is 0 Å². The molecule has 2 nitrogen and oxygen atoms in total. The molecule has 2 heteroatoms. The lowest BCUT2D eigenvalue weighted by Crippen LogP contribution is -2.43. The zero-order chi connectivity index (χ0) is 11.1. The molecule has 0 aromatic rings. The molecule has 0 aliphatic carbocycles. The fourth-order valence-corrected chi connectivity index (χ4v) is 1.38. The van der Waals surface area contributed by atoms with E-state index < -0.39 is 0 Å². The Hall–Kier alpha value is -0.0800. The molecular formula is C12H27NO. The largest absolute Gasteiger partial charge is 0.385 e. The maximum absolute atomic E-state index is 5.12. The second-order valence-corrected chi connectivity index (χ2v) is 4.83. The molecule has 0 saturated heterocycles. The van der Waals surface area contributed by atoms with E-state index in [1.807, 2.05) is 0 Å². The summed E-state index contributed by atoms with van der Waals surface area (Å²) in [6, 6.07) is 1.16. The standard InChI is InChI=1S/C12H27NO/c1-9(2)11(5)13-12(10(3)4)7-8-14-6/h9-13H,7-8H2,1-6H3. The molecule has 0 fully saturated rings. The average Bonchev–Trinajstić information content (AvgIpc) is 2.10. The first-order valence-corrected chi connectivity index (χ1v) is 5.74. The van der Waals surface area contributed by atoms with Gasteiger partial charge in [0.25, 0.3) is 0 Å². The van der Waals surface area contributed by atoms with Crippen LogP contribution in [0.1, 0.15) is 41.0 Å². The molecule has 0 saturated carbocycles. The summed E-state index contributed by atoms with van der Waals surface area (Å²) in [5, 5.41) is 3.67. The highest BCUT2D eigenvalue weighted by Crippen LogP contribution is 2.10. The zero-order valence-corrected chi connectivity index (χ0v) is 10.6. The lowest BCUT2D eigenvalue weighted by atomic mass is 9.97. The second-order valence-electron chi connectivity index (χ2n) is 4.83. The molecule has 0 spiro atoms. The molecule has 0 bridgehead atoms. The van der Waals surface area contributed by atoms with Gasteiger partial charge in [-0.3, -0.25) is 0 Å². The van der Waals surface area contributed by atoms with Crippen molar-refractivity contribution in [1.29, 1.82) is 0 Å². The van der Waals surface area contributed by atoms with Gasteiger partial charge in [-0.1, -0.05) is 27.7 Å². The molecule has 2 atom stereocenters. The molecule has 86 valence electrons. The van der Waals surface area contributed by atoms with Crippen molar-refractivity contribution in [2.75, 3.05) is 13.7 Å². The van der Waals surface area contributed by atoms with Crippen LogP contribution in [0, 0.1) is 11.8 Å². The summed E-state index contributed by atoms with van der Waals surface area (Å²) in [4.78, 5) is 0. The fraction of sp³-hybridized carbons (Fsp3) is 1.00. The quantitative estimate of drug-likeness (QED) is 0.684. The molecule has 2 unspecified atom stereocenters. The molecule has 14 heavy (non-hydrogen) atoms. The Balaban J connectivity index is 3.95. The number of nitrogens with one attached hydrogen (secondary N) is 1. The van der Waals surface area contributed by atoms with E-state index in [0.29, 0.717) is 23.9 Å². The summed E-state index contributed by atoms with van der Waals surface area (Å²) >= 11 is 0. The Morgan fingerprint density at radius 2 is 1.57 bits per heavy atom. The van der Waals surface area contributed by atoms with Crippen LogP contribution in [0.5, 0.6) is 0 Å². The molecule has 0 rings (SSSR count). The van der Waals surface area contributed by atoms with Gasteiger partial charge in [0.1, 0.15) is 0 Å². The molecule has 0 aliphatic heterocycles. The maximum atomic E-state index is 5.12. The summed E-state index contributed by atoms with van der Waals surface area (Å²) in [7, 11) is 1.77. The zero-order valence-electron chi connectivity index (χ0n) is 10.6. The predicted octanol–water partition coefficient (Wildman–Crippen LogP) is 2.68. The number of hydrogen-bond donors (Lipinski definition) is 1. The van der Waals surface area contributed by atoms with Crippen molar-refractivity contribution < 1.29 is 4.74 Å². The third-order valence-electron chi connectivity index (χ3n) is 2.91. The number of rotatable bonds is 7. The second kappa shape index (κ2) is 7.24. The first-order valence-electron chi connectivity index (χ1n) is 5.74. The van der Waals surface area contributed by atoms with E-state index >= 15 is 0 Å². The van der Waals surface area contributed by atoms with Crippen molar-refractivity contribution in [1.82, 2.24) is 5.32 Å². The van der Waals surface area contributed by atoms with E-state index in [4.69, 9.17) is 4.74 Å². The van der Waals surface area contributed by atoms with Gasteiger partial charge in [0.15, 0.2) is 0 Å². The normalized spacial score (nSPS) is 16.3. The third-order valence-corrected chi connectivity index (χ3v) is 2.91. The topological polar surface area (TPSA) is 21.3 Å². The predicted molar refractivity (Wildman–Crippen MR) is 62.6 cm³/mol. The summed E-state index contributed by atoms with van der Waals surface area (Å²) in [5.41, 5.74) is 0. The summed E-state index contributed by atoms with van der Waals surface area (Å²) < 4.78 is 5.12. The summed E-state index contributed by atoms with van der Waals surface area (Å²) in [6.45, 7) is 12.1. The smallest absolute Gasteiger partial charge is 0.0477 e. The van der Waals surface area contributed by atoms with Gasteiger partial charge in [0.2, 0.25) is 0 Å². The van der Waals surface area contributed by atoms with Crippen molar-refractivity contribution >= 4 is 0 Å². The molecular weight excluding hydrogens is 174 g/mol. The Bertz CT molecular complexity index is 134. The number of methoxy groups -OCH3 is 1. The van der Waals surface area contributed by atoms with E-state index in [9.17, 15) is 0 Å². The van der Waals surface area contributed by atoms with Crippen LogP contribution in [0.25, 0.3) is 0 Å². The minimum Gasteiger partial charge on any atom is -0.385 e. The van der Waals surface area contributed by atoms with Crippen LogP contribution in [0.15, 0.2) is 0 Å². The molecule has 0 aromatic heterocycles. The van der Waals surface area contributed by atoms with E-state index in [1.165, 1.54) is 0 Å². The van der Waals surface area contributed by atoms with Gasteiger partial charge in [-0.25, -0.2) is 0 Å². The van der Waals surface area contributed by atoms with Gasteiger partial charge < -0.3 is 10.1 Å². The first kappa shape index (κ1) is 13.9. The van der Waals surface area contributed by atoms with Crippen LogP contribution >= 0.6 is 0 Å². The SMILES string of the molecule is COCCC(NC(C)C(C)C)C(C)C. The monoisotopic (exact) mass is 201 g/mol. The Kier molecular flexibility index (Phi) is 7.20. The summed E-state index contributed by atoms with van der Waals surface area (Å²) in [5.74, 6) is 1.37. The van der Waals surface area contributed by atoms with Crippen LogP contribution in [0.4, 0.5) is 0 Å². The van der Waals surface area contributed by atoms with Crippen molar-refractivity contribution in [2.45, 2.75) is 53.1 Å². The highest BCUT2D eigenvalue weighted by molar-refractivity contribution is 4.75. The molecule has 0 radical (unpaired) electrons. The summed E-state index contributed by atoms with van der Waals surface area (Å²) in [6.07, 6.45) is 1.10. The number of hydrogen-bond acceptors (Lipinski definition) is 2. The lowest BCUT2D eigenvalue weighted by Gasteiger charge is -2.28. The van der Waals surface area contributed by atoms with E-state index in [-0.39, 0.29) is 0 Å². The van der Waals surface area contributed by atoms with Crippen molar-refractivity contribution in [3.63, 3.8) is 0 Å². The highest BCUT2D eigenvalue weighted by atomic mass is 16.5. The minimum atomic E-state index is 0.576. The van der Waals surface area contributed by atoms with Crippen LogP contribution in [0.2, 0.25) is 0 Å². The lowest BCUT2D eigenvalue weighted by molar-refractivity contribution is 0.167. The highest BCUT2D eigenvalue weighted by Gasteiger charge is 2.16. The molecule has 0 heterocycles. The average molecular weight is 201 g/mol. The van der Waals surface area contributed by atoms with Crippen molar-refractivity contribution in [3.8, 4) is 0 Å². The third kappa shape index (κ3) is 5.61. The van der Waals surface area contributed by atoms with Crippen LogP contribution in [-0.2, 0) is 4.74 Å². The fourth-order valence-electron chi connectivity index (χ4n) is 1.38. The van der Waals surface area contributed by atoms with Gasteiger partial charge in [-0.2, -0.15) is 0 Å². The van der Waals surface area contributed by atoms with E-state index in [0.717, 1.165) is 13.0 Å². The van der Waals surface area contributed by atoms with Gasteiger partial charge in [0.05, 0.1) is 0 Å². The Morgan fingerprint density at radius 3 is 1.93 bits per heavy atom. The van der Waals surface area contributed by atoms with E-state index in [2.05, 4.69) is 39.9 Å². The van der Waals surface area contributed by atoms with Crippen LogP contribution in [-0.4, -0.2) is 25.8 Å². The molecule has 1 N–H and O–H groups in total. The van der Waals surface area contributed by atoms with Crippen LogP contribution < -0.4 is 5.32 Å². The van der Waals surface area contributed by atoms with Crippen LogP contribution in [0.3, 0.4) is 0 Å². The Morgan fingerprint density at radius 1 is 1.00 bits per heavy atom. The van der Waals surface area contributed by atoms with Crippen molar-refractivity contribution in [2.24, 2.45) is 11.8 Å². The first-order chi connectivity index (χ1) is 6.49. The minimum absolute atomic E-state index is 0.576. The van der Waals surface area contributed by atoms with E-state index in [1.54, 1.807) is 7.11 Å². The molecule has 0 aliphatic rings. The van der Waals surface area contributed by atoms with Gasteiger partial charge in [0, 0.05) is 25.8 Å². The number of ether oxygens (including phenoxy) is 1. The maximum Gasteiger partial charge on any atom is 0.0477 e. The Labute approximate surface area is 89.4 Å².